The summed E-state index contributed by atoms with van der Waals surface area (Å²) in [5.74, 6) is 0.284. The Balaban J connectivity index is 1.91. The van der Waals surface area contributed by atoms with E-state index < -0.39 is 5.60 Å². The van der Waals surface area contributed by atoms with Gasteiger partial charge in [-0.3, -0.25) is 0 Å². The zero-order chi connectivity index (χ0) is 16.1. The number of methoxy groups -OCH3 is 1. The monoisotopic (exact) mass is 333 g/mol. The SMILES string of the molecule is COCCCC[C@@](O)(c1cccc2ccsc12)C1CCCNC1. The first-order valence-corrected chi connectivity index (χ1v) is 9.52. The van der Waals surface area contributed by atoms with E-state index >= 15 is 0 Å². The molecule has 4 heteroatoms. The van der Waals surface area contributed by atoms with Gasteiger partial charge >= 0.3 is 0 Å². The van der Waals surface area contributed by atoms with Crippen LogP contribution in [0.4, 0.5) is 0 Å². The minimum Gasteiger partial charge on any atom is -0.385 e. The van der Waals surface area contributed by atoms with E-state index in [2.05, 4.69) is 35.0 Å². The largest absolute Gasteiger partial charge is 0.385 e. The van der Waals surface area contributed by atoms with E-state index in [4.69, 9.17) is 4.74 Å². The molecular weight excluding hydrogens is 306 g/mol. The highest BCUT2D eigenvalue weighted by molar-refractivity contribution is 7.17. The van der Waals surface area contributed by atoms with Gasteiger partial charge in [0.2, 0.25) is 0 Å². The Morgan fingerprint density at radius 3 is 3.04 bits per heavy atom. The molecule has 0 aliphatic carbocycles. The lowest BCUT2D eigenvalue weighted by atomic mass is 9.74. The van der Waals surface area contributed by atoms with Crippen LogP contribution in [-0.4, -0.2) is 31.9 Å². The van der Waals surface area contributed by atoms with Crippen LogP contribution in [0.15, 0.2) is 29.6 Å². The van der Waals surface area contributed by atoms with E-state index in [9.17, 15) is 5.11 Å². The van der Waals surface area contributed by atoms with E-state index in [0.717, 1.165) is 57.4 Å². The van der Waals surface area contributed by atoms with Crippen molar-refractivity contribution in [3.8, 4) is 0 Å². The summed E-state index contributed by atoms with van der Waals surface area (Å²) in [6, 6.07) is 8.50. The number of nitrogens with one attached hydrogen (secondary N) is 1. The average Bonchev–Trinajstić information content (AvgIpc) is 3.08. The minimum absolute atomic E-state index is 0.284. The maximum Gasteiger partial charge on any atom is 0.0950 e. The maximum atomic E-state index is 11.7. The van der Waals surface area contributed by atoms with Crippen LogP contribution in [0.2, 0.25) is 0 Å². The van der Waals surface area contributed by atoms with Crippen molar-refractivity contribution in [1.82, 2.24) is 5.32 Å². The molecule has 23 heavy (non-hydrogen) atoms. The Morgan fingerprint density at radius 2 is 2.26 bits per heavy atom. The lowest BCUT2D eigenvalue weighted by Gasteiger charge is -2.39. The Labute approximate surface area is 142 Å². The van der Waals surface area contributed by atoms with Crippen molar-refractivity contribution in [1.29, 1.82) is 0 Å². The first-order chi connectivity index (χ1) is 11.3. The summed E-state index contributed by atoms with van der Waals surface area (Å²) < 4.78 is 6.42. The molecule has 1 aromatic heterocycles. The summed E-state index contributed by atoms with van der Waals surface area (Å²) >= 11 is 1.74. The Hall–Kier alpha value is -0.940. The summed E-state index contributed by atoms with van der Waals surface area (Å²) in [4.78, 5) is 0. The number of benzene rings is 1. The molecule has 0 spiro atoms. The van der Waals surface area contributed by atoms with E-state index in [1.165, 1.54) is 10.1 Å². The summed E-state index contributed by atoms with van der Waals surface area (Å²) in [6.45, 7) is 2.74. The predicted molar refractivity (Wildman–Crippen MR) is 97.0 cm³/mol. The third kappa shape index (κ3) is 3.61. The van der Waals surface area contributed by atoms with Gasteiger partial charge < -0.3 is 15.2 Å². The number of thiophene rings is 1. The van der Waals surface area contributed by atoms with Crippen LogP contribution >= 0.6 is 11.3 Å². The molecule has 1 aliphatic heterocycles. The van der Waals surface area contributed by atoms with Gasteiger partial charge in [0.25, 0.3) is 0 Å². The predicted octanol–water partition coefficient (Wildman–Crippen LogP) is 3.91. The molecule has 0 bridgehead atoms. The fourth-order valence-electron chi connectivity index (χ4n) is 3.79. The second-order valence-corrected chi connectivity index (χ2v) is 7.48. The van der Waals surface area contributed by atoms with E-state index in [1.54, 1.807) is 18.4 Å². The zero-order valence-electron chi connectivity index (χ0n) is 13.9. The van der Waals surface area contributed by atoms with Crippen molar-refractivity contribution in [3.63, 3.8) is 0 Å². The van der Waals surface area contributed by atoms with Gasteiger partial charge in [0.15, 0.2) is 0 Å². The standard InChI is InChI=1S/C19H27NO2S/c1-22-12-3-2-10-19(21,16-7-5-11-20-14-16)17-8-4-6-15-9-13-23-18(15)17/h4,6,8-9,13,16,20-21H,2-3,5,7,10-12,14H2,1H3/t16?,19-/m0/s1. The smallest absolute Gasteiger partial charge is 0.0950 e. The molecule has 0 saturated carbocycles. The first kappa shape index (κ1) is 16.9. The number of fused-ring (bicyclic) bond motifs is 1. The molecular formula is C19H27NO2S. The number of ether oxygens (including phenoxy) is 1. The zero-order valence-corrected chi connectivity index (χ0v) is 14.7. The second kappa shape index (κ2) is 7.75. The van der Waals surface area contributed by atoms with Gasteiger partial charge in [0, 0.05) is 36.4 Å². The van der Waals surface area contributed by atoms with Gasteiger partial charge in [-0.15, -0.1) is 11.3 Å². The lowest BCUT2D eigenvalue weighted by molar-refractivity contribution is -0.0420. The summed E-state index contributed by atoms with van der Waals surface area (Å²) in [6.07, 6.45) is 5.03. The van der Waals surface area contributed by atoms with E-state index in [0.29, 0.717) is 0 Å². The fourth-order valence-corrected chi connectivity index (χ4v) is 4.79. The average molecular weight is 333 g/mol. The van der Waals surface area contributed by atoms with Gasteiger partial charge in [-0.05, 0) is 55.5 Å². The number of rotatable bonds is 7. The minimum atomic E-state index is -0.745. The van der Waals surface area contributed by atoms with Gasteiger partial charge in [-0.2, -0.15) is 0 Å². The Bertz CT molecular complexity index is 621. The molecule has 3 rings (SSSR count). The van der Waals surface area contributed by atoms with Crippen molar-refractivity contribution in [2.75, 3.05) is 26.8 Å². The van der Waals surface area contributed by atoms with Crippen molar-refractivity contribution < 1.29 is 9.84 Å². The van der Waals surface area contributed by atoms with Gasteiger partial charge in [-0.1, -0.05) is 18.2 Å². The molecule has 2 aromatic rings. The third-order valence-corrected chi connectivity index (χ3v) is 6.04. The molecule has 2 atom stereocenters. The number of hydrogen-bond donors (Lipinski definition) is 2. The number of aliphatic hydroxyl groups is 1. The van der Waals surface area contributed by atoms with Crippen molar-refractivity contribution in [3.05, 3.63) is 35.2 Å². The van der Waals surface area contributed by atoms with Gasteiger partial charge in [0.05, 0.1) is 5.60 Å². The lowest BCUT2D eigenvalue weighted by Crippen LogP contribution is -2.44. The Morgan fingerprint density at radius 1 is 1.35 bits per heavy atom. The molecule has 1 unspecified atom stereocenters. The van der Waals surface area contributed by atoms with Crippen molar-refractivity contribution in [2.45, 2.75) is 37.7 Å². The van der Waals surface area contributed by atoms with Crippen LogP contribution in [0.1, 0.15) is 37.7 Å². The number of hydrogen-bond acceptors (Lipinski definition) is 4. The highest BCUT2D eigenvalue weighted by Gasteiger charge is 2.39. The summed E-state index contributed by atoms with van der Waals surface area (Å²) in [5.41, 5.74) is 0.377. The normalized spacial score (nSPS) is 21.4. The summed E-state index contributed by atoms with van der Waals surface area (Å²) in [5, 5.41) is 18.6. The molecule has 2 heterocycles. The van der Waals surface area contributed by atoms with Crippen LogP contribution < -0.4 is 5.32 Å². The molecule has 0 radical (unpaired) electrons. The van der Waals surface area contributed by atoms with Crippen LogP contribution in [0.25, 0.3) is 10.1 Å². The first-order valence-electron chi connectivity index (χ1n) is 8.64. The van der Waals surface area contributed by atoms with E-state index in [1.807, 2.05) is 0 Å². The number of unbranched alkanes of at least 4 members (excludes halogenated alkanes) is 1. The molecule has 2 N–H and O–H groups in total. The van der Waals surface area contributed by atoms with Crippen LogP contribution in [0, 0.1) is 5.92 Å². The van der Waals surface area contributed by atoms with Crippen molar-refractivity contribution in [2.24, 2.45) is 5.92 Å². The summed E-state index contributed by atoms with van der Waals surface area (Å²) in [7, 11) is 1.74. The van der Waals surface area contributed by atoms with E-state index in [-0.39, 0.29) is 5.92 Å². The van der Waals surface area contributed by atoms with Gasteiger partial charge in [-0.25, -0.2) is 0 Å². The van der Waals surface area contributed by atoms with Crippen LogP contribution in [0.5, 0.6) is 0 Å². The molecule has 0 amide bonds. The highest BCUT2D eigenvalue weighted by Crippen LogP contribution is 2.42. The van der Waals surface area contributed by atoms with Crippen molar-refractivity contribution >= 4 is 21.4 Å². The highest BCUT2D eigenvalue weighted by atomic mass is 32.1. The molecule has 1 saturated heterocycles. The molecule has 1 aromatic carbocycles. The number of piperidine rings is 1. The third-order valence-electron chi connectivity index (χ3n) is 5.07. The quantitative estimate of drug-likeness (QED) is 0.755. The van der Waals surface area contributed by atoms with Gasteiger partial charge in [0.1, 0.15) is 0 Å². The molecule has 1 aliphatic rings. The van der Waals surface area contributed by atoms with Crippen LogP contribution in [0.3, 0.4) is 0 Å². The van der Waals surface area contributed by atoms with Crippen LogP contribution in [-0.2, 0) is 10.3 Å². The second-order valence-electron chi connectivity index (χ2n) is 6.56. The fraction of sp³-hybridized carbons (Fsp3) is 0.579. The Kier molecular flexibility index (Phi) is 5.70. The topological polar surface area (TPSA) is 41.5 Å². The molecule has 3 nitrogen and oxygen atoms in total. The maximum absolute atomic E-state index is 11.7. The molecule has 1 fully saturated rings. The molecule has 126 valence electrons.